The molecule has 1 N–H and O–H groups in total. The largest absolute Gasteiger partial charge is 0.444 e. The normalized spacial score (nSPS) is 17.5. The average molecular weight is 320 g/mol. The third kappa shape index (κ3) is 5.52. The van der Waals surface area contributed by atoms with E-state index >= 15 is 0 Å². The number of ether oxygens (including phenoxy) is 2. The van der Waals surface area contributed by atoms with Gasteiger partial charge < -0.3 is 19.7 Å². The van der Waals surface area contributed by atoms with E-state index in [0.29, 0.717) is 19.8 Å². The Bertz CT molecular complexity index is 525. The molecule has 0 bridgehead atoms. The van der Waals surface area contributed by atoms with Crippen molar-refractivity contribution in [3.63, 3.8) is 0 Å². The molecule has 128 valence electrons. The number of amides is 1. The van der Waals surface area contributed by atoms with Crippen LogP contribution >= 0.6 is 0 Å². The fraction of sp³-hybridized carbons (Fsp3) is 0.611. The summed E-state index contributed by atoms with van der Waals surface area (Å²) in [6.07, 6.45) is 0.595. The molecule has 1 aliphatic heterocycles. The molecule has 0 aromatic heterocycles. The molecule has 0 fully saturated rings. The smallest absolute Gasteiger partial charge is 0.410 e. The summed E-state index contributed by atoms with van der Waals surface area (Å²) in [7, 11) is 1.77. The maximum Gasteiger partial charge on any atom is 0.410 e. The molecule has 5 nitrogen and oxygen atoms in total. The first-order valence-corrected chi connectivity index (χ1v) is 8.20. The molecule has 1 atom stereocenters. The van der Waals surface area contributed by atoms with Crippen molar-refractivity contribution >= 4 is 6.09 Å². The number of benzene rings is 1. The summed E-state index contributed by atoms with van der Waals surface area (Å²) in [5, 5.41) is 3.52. The van der Waals surface area contributed by atoms with E-state index < -0.39 is 5.60 Å². The van der Waals surface area contributed by atoms with Crippen LogP contribution in [0.25, 0.3) is 0 Å². The number of hydrogen-bond donors (Lipinski definition) is 1. The summed E-state index contributed by atoms with van der Waals surface area (Å²) in [5.41, 5.74) is 2.12. The van der Waals surface area contributed by atoms with Gasteiger partial charge in [-0.3, -0.25) is 0 Å². The van der Waals surface area contributed by atoms with Crippen molar-refractivity contribution in [3.8, 4) is 0 Å². The first-order valence-electron chi connectivity index (χ1n) is 8.20. The highest BCUT2D eigenvalue weighted by atomic mass is 16.6. The summed E-state index contributed by atoms with van der Waals surface area (Å²) in [5.74, 6) is 0. The second kappa shape index (κ2) is 7.79. The quantitative estimate of drug-likeness (QED) is 0.847. The monoisotopic (exact) mass is 320 g/mol. The highest BCUT2D eigenvalue weighted by molar-refractivity contribution is 5.67. The second-order valence-corrected chi connectivity index (χ2v) is 6.98. The molecule has 0 aliphatic carbocycles. The molecule has 23 heavy (non-hydrogen) atoms. The van der Waals surface area contributed by atoms with Gasteiger partial charge in [-0.25, -0.2) is 4.79 Å². The third-order valence-electron chi connectivity index (χ3n) is 3.74. The summed E-state index contributed by atoms with van der Waals surface area (Å²) in [6, 6.07) is 8.60. The van der Waals surface area contributed by atoms with E-state index in [-0.39, 0.29) is 12.1 Å². The Hall–Kier alpha value is -1.59. The lowest BCUT2D eigenvalue weighted by molar-refractivity contribution is 0.0295. The van der Waals surface area contributed by atoms with Crippen molar-refractivity contribution < 1.29 is 14.3 Å². The van der Waals surface area contributed by atoms with Crippen molar-refractivity contribution in [2.75, 3.05) is 26.7 Å². The summed E-state index contributed by atoms with van der Waals surface area (Å²) in [6.45, 7) is 8.50. The molecule has 1 aromatic carbocycles. The highest BCUT2D eigenvalue weighted by Crippen LogP contribution is 2.24. The van der Waals surface area contributed by atoms with Crippen molar-refractivity contribution in [1.82, 2.24) is 10.2 Å². The molecule has 0 saturated carbocycles. The minimum Gasteiger partial charge on any atom is -0.444 e. The van der Waals surface area contributed by atoms with Gasteiger partial charge in [0.15, 0.2) is 0 Å². The fourth-order valence-electron chi connectivity index (χ4n) is 2.57. The molecule has 0 radical (unpaired) electrons. The average Bonchev–Trinajstić information content (AvgIpc) is 2.49. The third-order valence-corrected chi connectivity index (χ3v) is 3.74. The molecular weight excluding hydrogens is 292 g/mol. The number of carbonyl (C=O) groups excluding carboxylic acids is 1. The molecule has 1 heterocycles. The van der Waals surface area contributed by atoms with E-state index in [1.807, 2.05) is 26.8 Å². The van der Waals surface area contributed by atoms with Crippen LogP contribution < -0.4 is 5.32 Å². The van der Waals surface area contributed by atoms with Crippen LogP contribution in [0.4, 0.5) is 4.79 Å². The molecule has 0 saturated heterocycles. The van der Waals surface area contributed by atoms with Crippen LogP contribution in [-0.2, 0) is 16.1 Å². The Morgan fingerprint density at radius 1 is 1.39 bits per heavy atom. The predicted molar refractivity (Wildman–Crippen MR) is 90.3 cm³/mol. The zero-order chi connectivity index (χ0) is 16.9. The maximum atomic E-state index is 11.9. The first-order chi connectivity index (χ1) is 10.9. The highest BCUT2D eigenvalue weighted by Gasteiger charge is 2.21. The van der Waals surface area contributed by atoms with Gasteiger partial charge in [0, 0.05) is 13.6 Å². The molecule has 1 amide bonds. The fourth-order valence-corrected chi connectivity index (χ4v) is 2.57. The van der Waals surface area contributed by atoms with Crippen molar-refractivity contribution in [2.24, 2.45) is 0 Å². The van der Waals surface area contributed by atoms with Gasteiger partial charge in [-0.05, 0) is 44.9 Å². The lowest BCUT2D eigenvalue weighted by atomic mass is 9.99. The van der Waals surface area contributed by atoms with Crippen LogP contribution in [0.1, 0.15) is 44.4 Å². The van der Waals surface area contributed by atoms with Crippen LogP contribution in [0.3, 0.4) is 0 Å². The second-order valence-electron chi connectivity index (χ2n) is 6.98. The van der Waals surface area contributed by atoms with E-state index in [1.54, 1.807) is 11.9 Å². The van der Waals surface area contributed by atoms with Gasteiger partial charge in [-0.2, -0.15) is 0 Å². The zero-order valence-electron chi connectivity index (χ0n) is 14.6. The maximum absolute atomic E-state index is 11.9. The Labute approximate surface area is 139 Å². The Balaban J connectivity index is 1.73. The molecule has 2 rings (SSSR count). The molecule has 5 heteroatoms. The molecule has 1 aliphatic rings. The lowest BCUT2D eigenvalue weighted by Crippen LogP contribution is -2.36. The van der Waals surface area contributed by atoms with E-state index in [1.165, 1.54) is 11.1 Å². The number of hydrogen-bond acceptors (Lipinski definition) is 4. The van der Waals surface area contributed by atoms with Crippen LogP contribution in [0.2, 0.25) is 0 Å². The van der Waals surface area contributed by atoms with Crippen molar-refractivity contribution in [1.29, 1.82) is 0 Å². The zero-order valence-corrected chi connectivity index (χ0v) is 14.6. The molecule has 1 unspecified atom stereocenters. The first kappa shape index (κ1) is 17.8. The number of nitrogens with zero attached hydrogens (tertiary/aromatic N) is 1. The summed E-state index contributed by atoms with van der Waals surface area (Å²) in [4.78, 5) is 13.5. The van der Waals surface area contributed by atoms with Gasteiger partial charge in [0.2, 0.25) is 0 Å². The summed E-state index contributed by atoms with van der Waals surface area (Å²) >= 11 is 0. The SMILES string of the molecule is CN(CCCNC1COCc2ccccc21)C(=O)OC(C)(C)C. The minimum absolute atomic E-state index is 0.229. The van der Waals surface area contributed by atoms with Gasteiger partial charge in [0.1, 0.15) is 5.60 Å². The number of nitrogens with one attached hydrogen (secondary N) is 1. The van der Waals surface area contributed by atoms with Gasteiger partial charge >= 0.3 is 6.09 Å². The molecular formula is C18H28N2O3. The lowest BCUT2D eigenvalue weighted by Gasteiger charge is -2.27. The van der Waals surface area contributed by atoms with Crippen LogP contribution in [0.5, 0.6) is 0 Å². The van der Waals surface area contributed by atoms with E-state index in [0.717, 1.165) is 13.0 Å². The Kier molecular flexibility index (Phi) is 6.02. The Morgan fingerprint density at radius 2 is 2.13 bits per heavy atom. The van der Waals surface area contributed by atoms with Crippen LogP contribution in [0, 0.1) is 0 Å². The van der Waals surface area contributed by atoms with E-state index in [9.17, 15) is 4.79 Å². The summed E-state index contributed by atoms with van der Waals surface area (Å²) < 4.78 is 11.0. The molecule has 1 aromatic rings. The number of fused-ring (bicyclic) bond motifs is 1. The van der Waals surface area contributed by atoms with Crippen LogP contribution in [-0.4, -0.2) is 43.3 Å². The number of rotatable bonds is 5. The number of carbonyl (C=O) groups is 1. The van der Waals surface area contributed by atoms with E-state index in [2.05, 4.69) is 23.5 Å². The van der Waals surface area contributed by atoms with Crippen LogP contribution in [0.15, 0.2) is 24.3 Å². The minimum atomic E-state index is -0.452. The standard InChI is InChI=1S/C18H28N2O3/c1-18(2,3)23-17(21)20(4)11-7-10-19-16-13-22-12-14-8-5-6-9-15(14)16/h5-6,8-9,16,19H,7,10-13H2,1-4H3. The van der Waals surface area contributed by atoms with Gasteiger partial charge in [-0.1, -0.05) is 24.3 Å². The van der Waals surface area contributed by atoms with Crippen molar-refractivity contribution in [2.45, 2.75) is 45.4 Å². The van der Waals surface area contributed by atoms with E-state index in [4.69, 9.17) is 9.47 Å². The Morgan fingerprint density at radius 3 is 2.87 bits per heavy atom. The van der Waals surface area contributed by atoms with Gasteiger partial charge in [0.05, 0.1) is 19.3 Å². The molecule has 0 spiro atoms. The topological polar surface area (TPSA) is 50.8 Å². The predicted octanol–water partition coefficient (Wildman–Crippen LogP) is 3.10. The van der Waals surface area contributed by atoms with Gasteiger partial charge in [0.25, 0.3) is 0 Å². The van der Waals surface area contributed by atoms with Crippen molar-refractivity contribution in [3.05, 3.63) is 35.4 Å². The van der Waals surface area contributed by atoms with Gasteiger partial charge in [-0.15, -0.1) is 0 Å².